The number of esters is 1. The maximum Gasteiger partial charge on any atom is 0.341 e. The minimum Gasteiger partial charge on any atom is -0.495 e. The van der Waals surface area contributed by atoms with Gasteiger partial charge in [0.1, 0.15) is 11.3 Å². The van der Waals surface area contributed by atoms with Gasteiger partial charge in [0, 0.05) is 3.57 Å². The molecule has 0 spiro atoms. The fraction of sp³-hybridized carbons (Fsp3) is 0.222. The smallest absolute Gasteiger partial charge is 0.341 e. The Labute approximate surface area is 109 Å². The van der Waals surface area contributed by atoms with Gasteiger partial charge in [-0.1, -0.05) is 0 Å². The third-order valence-corrected chi connectivity index (χ3v) is 3.04. The number of carbonyl (C=O) groups is 1. The molecule has 0 aliphatic carbocycles. The van der Waals surface area contributed by atoms with Crippen molar-refractivity contribution in [2.75, 3.05) is 14.2 Å². The van der Waals surface area contributed by atoms with Crippen LogP contribution in [0.15, 0.2) is 12.1 Å². The third kappa shape index (κ3) is 2.50. The van der Waals surface area contributed by atoms with Gasteiger partial charge in [0.15, 0.2) is 0 Å². The van der Waals surface area contributed by atoms with E-state index in [2.05, 4.69) is 49.9 Å². The van der Waals surface area contributed by atoms with Gasteiger partial charge in [0.05, 0.1) is 17.8 Å². The lowest BCUT2D eigenvalue weighted by molar-refractivity contribution is 0.0597. The van der Waals surface area contributed by atoms with Crippen LogP contribution >= 0.6 is 45.2 Å². The van der Waals surface area contributed by atoms with Crippen molar-refractivity contribution in [3.05, 3.63) is 24.8 Å². The topological polar surface area (TPSA) is 35.5 Å². The van der Waals surface area contributed by atoms with Crippen molar-refractivity contribution in [3.63, 3.8) is 0 Å². The number of hydrogen-bond donors (Lipinski definition) is 0. The molecule has 0 aromatic heterocycles. The molecular weight excluding hydrogens is 410 g/mol. The van der Waals surface area contributed by atoms with Gasteiger partial charge in [-0.2, -0.15) is 0 Å². The molecule has 0 fully saturated rings. The van der Waals surface area contributed by atoms with Crippen molar-refractivity contribution < 1.29 is 14.3 Å². The molecule has 0 saturated heterocycles. The zero-order valence-corrected chi connectivity index (χ0v) is 12.0. The van der Waals surface area contributed by atoms with Crippen LogP contribution in [0.1, 0.15) is 10.4 Å². The summed E-state index contributed by atoms with van der Waals surface area (Å²) in [6.07, 6.45) is 0. The molecule has 3 nitrogen and oxygen atoms in total. The van der Waals surface area contributed by atoms with E-state index in [0.717, 1.165) is 7.14 Å². The Morgan fingerprint density at radius 3 is 2.43 bits per heavy atom. The Hall–Kier alpha value is -0.0500. The summed E-state index contributed by atoms with van der Waals surface area (Å²) in [5.41, 5.74) is 0.464. The highest BCUT2D eigenvalue weighted by Gasteiger charge is 2.16. The number of rotatable bonds is 2. The van der Waals surface area contributed by atoms with E-state index in [4.69, 9.17) is 4.74 Å². The fourth-order valence-electron chi connectivity index (χ4n) is 1.03. The Kier molecular flexibility index (Phi) is 4.42. The number of ether oxygens (including phenoxy) is 2. The first kappa shape index (κ1) is 12.0. The summed E-state index contributed by atoms with van der Waals surface area (Å²) < 4.78 is 11.7. The van der Waals surface area contributed by atoms with E-state index in [1.54, 1.807) is 6.07 Å². The number of benzene rings is 1. The van der Waals surface area contributed by atoms with E-state index in [1.165, 1.54) is 14.2 Å². The lowest BCUT2D eigenvalue weighted by Gasteiger charge is -2.09. The van der Waals surface area contributed by atoms with Crippen LogP contribution in [0.4, 0.5) is 0 Å². The SMILES string of the molecule is COC(=O)c1cc(I)cc(I)c1OC. The molecule has 1 aromatic carbocycles. The molecule has 0 atom stereocenters. The Bertz CT molecular complexity index is 363. The standard InChI is InChI=1S/C9H8I2O3/c1-13-8-6(9(12)14-2)3-5(10)4-7(8)11/h3-4H,1-2H3. The quantitative estimate of drug-likeness (QED) is 0.548. The summed E-state index contributed by atoms with van der Waals surface area (Å²) in [7, 11) is 2.89. The maximum absolute atomic E-state index is 11.4. The molecular formula is C9H8I2O3. The lowest BCUT2D eigenvalue weighted by Crippen LogP contribution is -2.05. The molecule has 0 aliphatic heterocycles. The van der Waals surface area contributed by atoms with Crippen LogP contribution in [0.5, 0.6) is 5.75 Å². The molecule has 76 valence electrons. The van der Waals surface area contributed by atoms with Gasteiger partial charge in [0.2, 0.25) is 0 Å². The molecule has 0 radical (unpaired) electrons. The molecule has 1 aromatic rings. The predicted octanol–water partition coefficient (Wildman–Crippen LogP) is 2.69. The van der Waals surface area contributed by atoms with Crippen LogP contribution in [0, 0.1) is 7.14 Å². The van der Waals surface area contributed by atoms with Crippen molar-refractivity contribution >= 4 is 51.2 Å². The highest BCUT2D eigenvalue weighted by molar-refractivity contribution is 14.1. The average molecular weight is 418 g/mol. The minimum absolute atomic E-state index is 0.377. The van der Waals surface area contributed by atoms with Crippen LogP contribution in [0.3, 0.4) is 0 Å². The van der Waals surface area contributed by atoms with Crippen molar-refractivity contribution in [1.29, 1.82) is 0 Å². The summed E-state index contributed by atoms with van der Waals surface area (Å²) in [5, 5.41) is 0. The largest absolute Gasteiger partial charge is 0.495 e. The molecule has 14 heavy (non-hydrogen) atoms. The molecule has 0 heterocycles. The number of hydrogen-bond acceptors (Lipinski definition) is 3. The van der Waals surface area contributed by atoms with E-state index >= 15 is 0 Å². The molecule has 0 unspecified atom stereocenters. The van der Waals surface area contributed by atoms with Crippen LogP contribution < -0.4 is 4.74 Å². The molecule has 5 heteroatoms. The molecule has 0 saturated carbocycles. The van der Waals surface area contributed by atoms with E-state index in [1.807, 2.05) is 6.07 Å². The van der Waals surface area contributed by atoms with Crippen LogP contribution in [0.2, 0.25) is 0 Å². The van der Waals surface area contributed by atoms with Crippen molar-refractivity contribution in [3.8, 4) is 5.75 Å². The van der Waals surface area contributed by atoms with E-state index < -0.39 is 0 Å². The maximum atomic E-state index is 11.4. The molecule has 0 aliphatic rings. The van der Waals surface area contributed by atoms with Gasteiger partial charge >= 0.3 is 5.97 Å². The van der Waals surface area contributed by atoms with Gasteiger partial charge in [-0.15, -0.1) is 0 Å². The number of carbonyl (C=O) groups excluding carboxylic acids is 1. The van der Waals surface area contributed by atoms with Crippen LogP contribution in [-0.4, -0.2) is 20.2 Å². The van der Waals surface area contributed by atoms with Crippen molar-refractivity contribution in [2.24, 2.45) is 0 Å². The number of methoxy groups -OCH3 is 2. The summed E-state index contributed by atoms with van der Waals surface area (Å²) in [6.45, 7) is 0. The second kappa shape index (κ2) is 5.15. The second-order valence-electron chi connectivity index (χ2n) is 2.46. The van der Waals surface area contributed by atoms with Gasteiger partial charge in [-0.3, -0.25) is 0 Å². The zero-order chi connectivity index (χ0) is 10.7. The Balaban J connectivity index is 3.32. The molecule has 0 bridgehead atoms. The second-order valence-corrected chi connectivity index (χ2v) is 4.87. The first-order valence-corrected chi connectivity index (χ1v) is 5.87. The minimum atomic E-state index is -0.377. The zero-order valence-electron chi connectivity index (χ0n) is 7.64. The van der Waals surface area contributed by atoms with Crippen LogP contribution in [0.25, 0.3) is 0 Å². The summed E-state index contributed by atoms with van der Waals surface area (Å²) in [4.78, 5) is 11.4. The fourth-order valence-corrected chi connectivity index (χ4v) is 3.09. The lowest BCUT2D eigenvalue weighted by atomic mass is 10.2. The monoisotopic (exact) mass is 418 g/mol. The van der Waals surface area contributed by atoms with Crippen molar-refractivity contribution in [1.82, 2.24) is 0 Å². The van der Waals surface area contributed by atoms with Crippen molar-refractivity contribution in [2.45, 2.75) is 0 Å². The number of halogens is 2. The van der Waals surface area contributed by atoms with Gasteiger partial charge in [-0.25, -0.2) is 4.79 Å². The summed E-state index contributed by atoms with van der Waals surface area (Å²) in [5.74, 6) is 0.191. The molecule has 0 amide bonds. The Morgan fingerprint density at radius 2 is 1.93 bits per heavy atom. The molecule has 0 N–H and O–H groups in total. The van der Waals surface area contributed by atoms with E-state index in [9.17, 15) is 4.79 Å². The highest BCUT2D eigenvalue weighted by Crippen LogP contribution is 2.28. The first-order valence-electron chi connectivity index (χ1n) is 3.71. The average Bonchev–Trinajstić information content (AvgIpc) is 2.15. The van der Waals surface area contributed by atoms with E-state index in [-0.39, 0.29) is 5.97 Å². The van der Waals surface area contributed by atoms with Gasteiger partial charge in [0.25, 0.3) is 0 Å². The predicted molar refractivity (Wildman–Crippen MR) is 69.8 cm³/mol. The normalized spacial score (nSPS) is 9.71. The van der Waals surface area contributed by atoms with Gasteiger partial charge in [-0.05, 0) is 57.3 Å². The summed E-state index contributed by atoms with van der Waals surface area (Å²) in [6, 6.07) is 3.68. The molecule has 1 rings (SSSR count). The first-order chi connectivity index (χ1) is 6.60. The summed E-state index contributed by atoms with van der Waals surface area (Å²) >= 11 is 4.27. The van der Waals surface area contributed by atoms with Gasteiger partial charge < -0.3 is 9.47 Å². The van der Waals surface area contributed by atoms with Crippen LogP contribution in [-0.2, 0) is 4.74 Å². The Morgan fingerprint density at radius 1 is 1.29 bits per heavy atom. The third-order valence-electron chi connectivity index (χ3n) is 1.62. The highest BCUT2D eigenvalue weighted by atomic mass is 127. The van der Waals surface area contributed by atoms with E-state index in [0.29, 0.717) is 11.3 Å².